The van der Waals surface area contributed by atoms with Gasteiger partial charge in [-0.1, -0.05) is 67.0 Å². The molecule has 1 N–H and O–H groups in total. The lowest BCUT2D eigenvalue weighted by atomic mass is 9.76. The molecule has 102 valence electrons. The van der Waals surface area contributed by atoms with Gasteiger partial charge in [-0.3, -0.25) is 0 Å². The summed E-state index contributed by atoms with van der Waals surface area (Å²) in [6, 6.07) is 4.29. The van der Waals surface area contributed by atoms with Crippen molar-refractivity contribution in [3.8, 4) is 5.75 Å². The summed E-state index contributed by atoms with van der Waals surface area (Å²) in [5, 5.41) is 10.7. The number of phenolic OH excluding ortho intramolecular Hbond substituents is 1. The van der Waals surface area contributed by atoms with Crippen molar-refractivity contribution in [1.82, 2.24) is 0 Å². The molecule has 0 aliphatic heterocycles. The predicted octanol–water partition coefficient (Wildman–Crippen LogP) is 4.94. The number of aryl methyl sites for hydroxylation is 1. The molecular weight excluding hydrogens is 220 g/mol. The van der Waals surface area contributed by atoms with E-state index in [2.05, 4.69) is 60.6 Å². The van der Waals surface area contributed by atoms with Gasteiger partial charge in [-0.05, 0) is 28.4 Å². The van der Waals surface area contributed by atoms with Crippen molar-refractivity contribution < 1.29 is 5.11 Å². The number of aromatic hydroxyl groups is 1. The van der Waals surface area contributed by atoms with E-state index in [4.69, 9.17) is 0 Å². The zero-order valence-corrected chi connectivity index (χ0v) is 13.0. The number of hydrogen-bond donors (Lipinski definition) is 1. The Bertz CT molecular complexity index is 416. The van der Waals surface area contributed by atoms with E-state index in [1.54, 1.807) is 0 Å². The first-order valence-corrected chi connectivity index (χ1v) is 6.94. The van der Waals surface area contributed by atoms with Crippen LogP contribution in [0.1, 0.15) is 71.6 Å². The molecule has 1 aromatic carbocycles. The van der Waals surface area contributed by atoms with Crippen molar-refractivity contribution in [2.45, 2.75) is 72.1 Å². The summed E-state index contributed by atoms with van der Waals surface area (Å²) in [4.78, 5) is 0. The normalized spacial score (nSPS) is 12.8. The summed E-state index contributed by atoms with van der Waals surface area (Å²) < 4.78 is 0. The van der Waals surface area contributed by atoms with Gasteiger partial charge < -0.3 is 5.11 Å². The van der Waals surface area contributed by atoms with E-state index in [0.717, 1.165) is 24.0 Å². The van der Waals surface area contributed by atoms with Gasteiger partial charge in [-0.25, -0.2) is 0 Å². The first-order valence-electron chi connectivity index (χ1n) is 6.94. The van der Waals surface area contributed by atoms with Gasteiger partial charge in [0.2, 0.25) is 0 Å². The van der Waals surface area contributed by atoms with Crippen LogP contribution in [0.3, 0.4) is 0 Å². The van der Waals surface area contributed by atoms with Gasteiger partial charge in [0.15, 0.2) is 0 Å². The molecule has 0 atom stereocenters. The summed E-state index contributed by atoms with van der Waals surface area (Å²) >= 11 is 0. The molecule has 0 aliphatic rings. The van der Waals surface area contributed by atoms with Gasteiger partial charge in [0, 0.05) is 5.56 Å². The maximum atomic E-state index is 10.7. The lowest BCUT2D eigenvalue weighted by Gasteiger charge is -2.29. The molecule has 0 bridgehead atoms. The highest BCUT2D eigenvalue weighted by atomic mass is 16.3. The Hall–Kier alpha value is -0.980. The van der Waals surface area contributed by atoms with Crippen LogP contribution in [0.5, 0.6) is 5.75 Å². The van der Waals surface area contributed by atoms with Crippen molar-refractivity contribution in [1.29, 1.82) is 0 Å². The Morgan fingerprint density at radius 3 is 1.89 bits per heavy atom. The minimum Gasteiger partial charge on any atom is -0.507 e. The molecule has 0 amide bonds. The predicted molar refractivity (Wildman–Crippen MR) is 79.5 cm³/mol. The molecule has 0 unspecified atom stereocenters. The highest BCUT2D eigenvalue weighted by Gasteiger charge is 2.27. The third-order valence-corrected chi connectivity index (χ3v) is 3.34. The first-order chi connectivity index (χ1) is 8.09. The van der Waals surface area contributed by atoms with Crippen LogP contribution in [0.25, 0.3) is 0 Å². The Kier molecular flexibility index (Phi) is 4.15. The summed E-state index contributed by atoms with van der Waals surface area (Å²) in [6.07, 6.45) is 2.14. The summed E-state index contributed by atoms with van der Waals surface area (Å²) in [5.74, 6) is 0.501. The van der Waals surface area contributed by atoms with Crippen LogP contribution in [-0.4, -0.2) is 5.11 Å². The molecule has 0 aliphatic carbocycles. The molecule has 0 aromatic heterocycles. The SMILES string of the molecule is CCCc1ccc(C(C)(C)C)c(O)c1C(C)(C)C. The monoisotopic (exact) mass is 248 g/mol. The van der Waals surface area contributed by atoms with Crippen LogP contribution >= 0.6 is 0 Å². The quantitative estimate of drug-likeness (QED) is 0.786. The third-order valence-electron chi connectivity index (χ3n) is 3.34. The van der Waals surface area contributed by atoms with Crippen molar-refractivity contribution in [3.05, 3.63) is 28.8 Å². The first kappa shape index (κ1) is 15.1. The summed E-state index contributed by atoms with van der Waals surface area (Å²) in [5.41, 5.74) is 3.42. The average molecular weight is 248 g/mol. The summed E-state index contributed by atoms with van der Waals surface area (Å²) in [6.45, 7) is 15.1. The number of rotatable bonds is 2. The van der Waals surface area contributed by atoms with Crippen LogP contribution < -0.4 is 0 Å². The summed E-state index contributed by atoms with van der Waals surface area (Å²) in [7, 11) is 0. The Morgan fingerprint density at radius 2 is 1.50 bits per heavy atom. The lowest BCUT2D eigenvalue weighted by Crippen LogP contribution is -2.19. The van der Waals surface area contributed by atoms with Gasteiger partial charge in [0.25, 0.3) is 0 Å². The minimum atomic E-state index is -0.0190. The molecule has 1 nitrogen and oxygen atoms in total. The standard InChI is InChI=1S/C17H28O/c1-8-9-12-10-11-13(16(2,3)4)15(18)14(12)17(5,6)7/h10-11,18H,8-9H2,1-7H3. The zero-order valence-electron chi connectivity index (χ0n) is 13.0. The van der Waals surface area contributed by atoms with Gasteiger partial charge in [0.05, 0.1) is 0 Å². The van der Waals surface area contributed by atoms with Crippen molar-refractivity contribution in [3.63, 3.8) is 0 Å². The molecule has 0 saturated heterocycles. The molecule has 0 spiro atoms. The van der Waals surface area contributed by atoms with E-state index in [-0.39, 0.29) is 10.8 Å². The van der Waals surface area contributed by atoms with Crippen molar-refractivity contribution in [2.24, 2.45) is 0 Å². The second-order valence-electron chi connectivity index (χ2n) is 7.25. The minimum absolute atomic E-state index is 0.0180. The molecule has 18 heavy (non-hydrogen) atoms. The topological polar surface area (TPSA) is 20.2 Å². The Balaban J connectivity index is 3.51. The average Bonchev–Trinajstić information content (AvgIpc) is 2.13. The van der Waals surface area contributed by atoms with Crippen LogP contribution in [0, 0.1) is 0 Å². The van der Waals surface area contributed by atoms with Gasteiger partial charge in [-0.15, -0.1) is 0 Å². The van der Waals surface area contributed by atoms with E-state index in [0.29, 0.717) is 5.75 Å². The highest BCUT2D eigenvalue weighted by Crippen LogP contribution is 2.41. The third kappa shape index (κ3) is 3.07. The molecule has 0 saturated carbocycles. The Morgan fingerprint density at radius 1 is 0.944 bits per heavy atom. The largest absolute Gasteiger partial charge is 0.507 e. The highest BCUT2D eigenvalue weighted by molar-refractivity contribution is 5.51. The van der Waals surface area contributed by atoms with Gasteiger partial charge >= 0.3 is 0 Å². The van der Waals surface area contributed by atoms with Gasteiger partial charge in [-0.2, -0.15) is 0 Å². The van der Waals surface area contributed by atoms with Crippen molar-refractivity contribution >= 4 is 0 Å². The van der Waals surface area contributed by atoms with E-state index in [1.165, 1.54) is 5.56 Å². The fourth-order valence-electron chi connectivity index (χ4n) is 2.55. The second kappa shape index (κ2) is 4.95. The molecular formula is C17H28O. The second-order valence-corrected chi connectivity index (χ2v) is 7.25. The molecule has 1 heteroatoms. The van der Waals surface area contributed by atoms with E-state index in [9.17, 15) is 5.11 Å². The molecule has 0 fully saturated rings. The fraction of sp³-hybridized carbons (Fsp3) is 0.647. The maximum absolute atomic E-state index is 10.7. The molecule has 0 radical (unpaired) electrons. The Labute approximate surface area is 112 Å². The number of phenols is 1. The number of benzene rings is 1. The molecule has 1 aromatic rings. The smallest absolute Gasteiger partial charge is 0.123 e. The van der Waals surface area contributed by atoms with Crippen LogP contribution in [0.4, 0.5) is 0 Å². The van der Waals surface area contributed by atoms with Crippen LogP contribution in [-0.2, 0) is 17.3 Å². The maximum Gasteiger partial charge on any atom is 0.123 e. The number of hydrogen-bond acceptors (Lipinski definition) is 1. The fourth-order valence-corrected chi connectivity index (χ4v) is 2.55. The molecule has 0 heterocycles. The van der Waals surface area contributed by atoms with E-state index in [1.807, 2.05) is 0 Å². The molecule has 1 rings (SSSR count). The van der Waals surface area contributed by atoms with Crippen LogP contribution in [0.2, 0.25) is 0 Å². The van der Waals surface area contributed by atoms with E-state index < -0.39 is 0 Å². The van der Waals surface area contributed by atoms with E-state index >= 15 is 0 Å². The lowest BCUT2D eigenvalue weighted by molar-refractivity contribution is 0.421. The zero-order chi connectivity index (χ0) is 14.1. The van der Waals surface area contributed by atoms with Crippen LogP contribution in [0.15, 0.2) is 12.1 Å². The van der Waals surface area contributed by atoms with Gasteiger partial charge in [0.1, 0.15) is 5.75 Å². The van der Waals surface area contributed by atoms with Crippen molar-refractivity contribution in [2.75, 3.05) is 0 Å².